The number of hydrogen-bond acceptors (Lipinski definition) is 8. The number of hydrogen-bond donors (Lipinski definition) is 1. The Labute approximate surface area is 195 Å². The van der Waals surface area contributed by atoms with Crippen LogP contribution in [-0.4, -0.2) is 56.4 Å². The molecule has 2 aromatic carbocycles. The standard InChI is InChI=1S/C24H25N7OS/c1-15(30(2)3)12-32-21-8-16(17-10-28-31(4)11-17)7-20-23(21)24(26-13-25-20)29-18-5-6-19-22(9-18)33-14-27-19/h5-11,13-15H,12H2,1-4H3,(H,25,26,29). The molecule has 0 aliphatic carbocycles. The molecule has 0 aliphatic rings. The van der Waals surface area contributed by atoms with Gasteiger partial charge in [-0.05, 0) is 56.9 Å². The molecule has 0 radical (unpaired) electrons. The van der Waals surface area contributed by atoms with Gasteiger partial charge in [0, 0.05) is 30.5 Å². The highest BCUT2D eigenvalue weighted by molar-refractivity contribution is 7.16. The molecule has 0 saturated heterocycles. The molecule has 0 fully saturated rings. The molecule has 0 spiro atoms. The number of likely N-dealkylation sites (N-methyl/N-ethyl adjacent to an activating group) is 1. The van der Waals surface area contributed by atoms with Gasteiger partial charge >= 0.3 is 0 Å². The normalized spacial score (nSPS) is 12.5. The van der Waals surface area contributed by atoms with E-state index in [2.05, 4.69) is 43.3 Å². The molecule has 0 bridgehead atoms. The summed E-state index contributed by atoms with van der Waals surface area (Å²) in [6.45, 7) is 2.67. The number of anilines is 2. The van der Waals surface area contributed by atoms with E-state index in [-0.39, 0.29) is 6.04 Å². The summed E-state index contributed by atoms with van der Waals surface area (Å²) >= 11 is 1.61. The lowest BCUT2D eigenvalue weighted by atomic mass is 10.1. The van der Waals surface area contributed by atoms with Crippen molar-refractivity contribution in [2.24, 2.45) is 7.05 Å². The summed E-state index contributed by atoms with van der Waals surface area (Å²) in [6, 6.07) is 10.4. The first kappa shape index (κ1) is 21.3. The minimum Gasteiger partial charge on any atom is -0.491 e. The third kappa shape index (κ3) is 4.37. The van der Waals surface area contributed by atoms with E-state index in [1.54, 1.807) is 22.3 Å². The van der Waals surface area contributed by atoms with Crippen molar-refractivity contribution < 1.29 is 4.74 Å². The summed E-state index contributed by atoms with van der Waals surface area (Å²) in [7, 11) is 6.00. The van der Waals surface area contributed by atoms with E-state index >= 15 is 0 Å². The van der Waals surface area contributed by atoms with Crippen molar-refractivity contribution in [2.45, 2.75) is 13.0 Å². The zero-order valence-electron chi connectivity index (χ0n) is 19.0. The molecule has 8 nitrogen and oxygen atoms in total. The van der Waals surface area contributed by atoms with Gasteiger partial charge in [0.2, 0.25) is 0 Å². The lowest BCUT2D eigenvalue weighted by Crippen LogP contribution is -2.30. The summed E-state index contributed by atoms with van der Waals surface area (Å²) in [4.78, 5) is 15.6. The van der Waals surface area contributed by atoms with Gasteiger partial charge in [0.05, 0.1) is 32.8 Å². The van der Waals surface area contributed by atoms with Crippen molar-refractivity contribution in [1.82, 2.24) is 29.6 Å². The third-order valence-electron chi connectivity index (χ3n) is 5.70. The lowest BCUT2D eigenvalue weighted by molar-refractivity contribution is 0.200. The van der Waals surface area contributed by atoms with Crippen LogP contribution in [0.1, 0.15) is 6.92 Å². The molecule has 5 rings (SSSR count). The molecule has 3 aromatic heterocycles. The van der Waals surface area contributed by atoms with E-state index in [1.807, 2.05) is 63.3 Å². The van der Waals surface area contributed by atoms with Gasteiger partial charge < -0.3 is 15.0 Å². The number of fused-ring (bicyclic) bond motifs is 2. The Morgan fingerprint density at radius 2 is 1.97 bits per heavy atom. The number of rotatable bonds is 7. The zero-order valence-corrected chi connectivity index (χ0v) is 19.8. The Morgan fingerprint density at radius 3 is 2.76 bits per heavy atom. The summed E-state index contributed by atoms with van der Waals surface area (Å²) in [5, 5.41) is 8.63. The predicted molar refractivity (Wildman–Crippen MR) is 133 cm³/mol. The number of thiazole rings is 1. The molecule has 5 aromatic rings. The molecule has 1 N–H and O–H groups in total. The van der Waals surface area contributed by atoms with Crippen molar-refractivity contribution >= 4 is 44.0 Å². The molecule has 0 aliphatic heterocycles. The average molecular weight is 460 g/mol. The van der Waals surface area contributed by atoms with Crippen molar-refractivity contribution in [3.05, 3.63) is 54.6 Å². The molecule has 1 atom stereocenters. The van der Waals surface area contributed by atoms with Crippen molar-refractivity contribution in [3.63, 3.8) is 0 Å². The summed E-state index contributed by atoms with van der Waals surface area (Å²) in [5.74, 6) is 1.44. The van der Waals surface area contributed by atoms with Crippen LogP contribution in [0.15, 0.2) is 54.6 Å². The molecule has 0 saturated carbocycles. The largest absolute Gasteiger partial charge is 0.491 e. The van der Waals surface area contributed by atoms with Gasteiger partial charge in [-0.2, -0.15) is 5.10 Å². The topological polar surface area (TPSA) is 81.0 Å². The van der Waals surface area contributed by atoms with E-state index in [9.17, 15) is 0 Å². The van der Waals surface area contributed by atoms with Gasteiger partial charge in [-0.1, -0.05) is 0 Å². The zero-order chi connectivity index (χ0) is 22.9. The van der Waals surface area contributed by atoms with Gasteiger partial charge in [0.25, 0.3) is 0 Å². The quantitative estimate of drug-likeness (QED) is 0.377. The predicted octanol–water partition coefficient (Wildman–Crippen LogP) is 4.71. The van der Waals surface area contributed by atoms with E-state index in [0.717, 1.165) is 43.7 Å². The first-order valence-corrected chi connectivity index (χ1v) is 11.5. The Balaban J connectivity index is 1.59. The number of aromatic nitrogens is 5. The molecule has 9 heteroatoms. The molecular weight excluding hydrogens is 434 g/mol. The van der Waals surface area contributed by atoms with Gasteiger partial charge in [0.1, 0.15) is 24.5 Å². The highest BCUT2D eigenvalue weighted by Gasteiger charge is 2.16. The number of aryl methyl sites for hydroxylation is 1. The number of nitrogens with zero attached hydrogens (tertiary/aromatic N) is 6. The second-order valence-electron chi connectivity index (χ2n) is 8.28. The first-order chi connectivity index (χ1) is 16.0. The number of ether oxygens (including phenoxy) is 1. The Kier molecular flexibility index (Phi) is 5.65. The maximum atomic E-state index is 6.35. The van der Waals surface area contributed by atoms with Crippen LogP contribution in [0.2, 0.25) is 0 Å². The van der Waals surface area contributed by atoms with Crippen LogP contribution in [-0.2, 0) is 7.05 Å². The van der Waals surface area contributed by atoms with Gasteiger partial charge in [-0.25, -0.2) is 15.0 Å². The van der Waals surface area contributed by atoms with Crippen LogP contribution >= 0.6 is 11.3 Å². The van der Waals surface area contributed by atoms with Crippen molar-refractivity contribution in [3.8, 4) is 16.9 Å². The number of nitrogens with one attached hydrogen (secondary N) is 1. The molecular formula is C24H25N7OS. The maximum absolute atomic E-state index is 6.35. The first-order valence-electron chi connectivity index (χ1n) is 10.6. The summed E-state index contributed by atoms with van der Waals surface area (Å²) in [6.07, 6.45) is 5.41. The van der Waals surface area contributed by atoms with Gasteiger partial charge in [-0.3, -0.25) is 4.68 Å². The van der Waals surface area contributed by atoms with E-state index in [0.29, 0.717) is 12.4 Å². The lowest BCUT2D eigenvalue weighted by Gasteiger charge is -2.21. The van der Waals surface area contributed by atoms with Crippen LogP contribution in [0.25, 0.3) is 32.2 Å². The number of benzene rings is 2. The highest BCUT2D eigenvalue weighted by atomic mass is 32.1. The average Bonchev–Trinajstić information content (AvgIpc) is 3.45. The molecule has 33 heavy (non-hydrogen) atoms. The van der Waals surface area contributed by atoms with E-state index < -0.39 is 0 Å². The van der Waals surface area contributed by atoms with Gasteiger partial charge in [-0.15, -0.1) is 11.3 Å². The van der Waals surface area contributed by atoms with E-state index in [4.69, 9.17) is 4.74 Å². The van der Waals surface area contributed by atoms with Crippen LogP contribution < -0.4 is 10.1 Å². The molecule has 1 unspecified atom stereocenters. The molecule has 168 valence electrons. The van der Waals surface area contributed by atoms with Crippen molar-refractivity contribution in [1.29, 1.82) is 0 Å². The van der Waals surface area contributed by atoms with Crippen LogP contribution in [0.5, 0.6) is 5.75 Å². The minimum atomic E-state index is 0.247. The fourth-order valence-corrected chi connectivity index (χ4v) is 4.24. The fraction of sp³-hybridized carbons (Fsp3) is 0.250. The Bertz CT molecular complexity index is 1430. The third-order valence-corrected chi connectivity index (χ3v) is 6.49. The van der Waals surface area contributed by atoms with Crippen molar-refractivity contribution in [2.75, 3.05) is 26.0 Å². The van der Waals surface area contributed by atoms with E-state index in [1.165, 1.54) is 0 Å². The van der Waals surface area contributed by atoms with Gasteiger partial charge in [0.15, 0.2) is 0 Å². The minimum absolute atomic E-state index is 0.247. The highest BCUT2D eigenvalue weighted by Crippen LogP contribution is 2.36. The Hall–Kier alpha value is -3.56. The fourth-order valence-electron chi connectivity index (χ4n) is 3.53. The van der Waals surface area contributed by atoms with Crippen LogP contribution in [0, 0.1) is 0 Å². The van der Waals surface area contributed by atoms with Crippen LogP contribution in [0.3, 0.4) is 0 Å². The summed E-state index contributed by atoms with van der Waals surface area (Å²) < 4.78 is 9.26. The monoisotopic (exact) mass is 459 g/mol. The second kappa shape index (κ2) is 8.76. The molecule has 3 heterocycles. The second-order valence-corrected chi connectivity index (χ2v) is 9.16. The van der Waals surface area contributed by atoms with Crippen LogP contribution in [0.4, 0.5) is 11.5 Å². The maximum Gasteiger partial charge on any atom is 0.145 e. The Morgan fingerprint density at radius 1 is 1.09 bits per heavy atom. The molecule has 0 amide bonds. The summed E-state index contributed by atoms with van der Waals surface area (Å²) in [5.41, 5.74) is 6.59. The smallest absolute Gasteiger partial charge is 0.145 e. The SMILES string of the molecule is CC(COc1cc(-c2cnn(C)c2)cc2ncnc(Nc3ccc4ncsc4c3)c12)N(C)C.